The van der Waals surface area contributed by atoms with Crippen LogP contribution in [0.4, 0.5) is 0 Å². The monoisotopic (exact) mass is 366 g/mol. The van der Waals surface area contributed by atoms with Crippen molar-refractivity contribution in [1.82, 2.24) is 0 Å². The van der Waals surface area contributed by atoms with Crippen molar-refractivity contribution in [3.05, 3.63) is 0 Å². The molecule has 0 aromatic carbocycles. The van der Waals surface area contributed by atoms with E-state index in [9.17, 15) is 0 Å². The third-order valence-corrected chi connectivity index (χ3v) is 21.6. The molecule has 1 aliphatic rings. The summed E-state index contributed by atoms with van der Waals surface area (Å²) in [6.07, 6.45) is 3.30. The summed E-state index contributed by atoms with van der Waals surface area (Å²) in [5.74, 6) is 0. The largest absolute Gasteiger partial charge is 0.418 e. The van der Waals surface area contributed by atoms with E-state index in [1.165, 1.54) is 0 Å². The molecule has 0 bridgehead atoms. The standard InChI is InChI=1S/C13H34O4Si4/c1-8-11-19(5)14-18(4)15-20(6,12-9-2)17-21(7,16-19)13-10-3/h18H,8-13H2,1-7H3. The second-order valence-electron chi connectivity index (χ2n) is 6.66. The van der Waals surface area contributed by atoms with Gasteiger partial charge in [0.1, 0.15) is 0 Å². The third-order valence-electron chi connectivity index (χ3n) is 3.81. The lowest BCUT2D eigenvalue weighted by Gasteiger charge is -2.46. The summed E-state index contributed by atoms with van der Waals surface area (Å²) in [5, 5.41) is 0. The lowest BCUT2D eigenvalue weighted by molar-refractivity contribution is 0.238. The maximum atomic E-state index is 6.68. The van der Waals surface area contributed by atoms with Crippen molar-refractivity contribution in [1.29, 1.82) is 0 Å². The highest BCUT2D eigenvalue weighted by Crippen LogP contribution is 2.33. The van der Waals surface area contributed by atoms with Crippen molar-refractivity contribution in [2.75, 3.05) is 0 Å². The van der Waals surface area contributed by atoms with Crippen LogP contribution in [0.1, 0.15) is 40.0 Å². The van der Waals surface area contributed by atoms with Crippen LogP contribution in [-0.4, -0.2) is 35.0 Å². The predicted molar refractivity (Wildman–Crippen MR) is 97.5 cm³/mol. The molecule has 0 aromatic rings. The first-order valence-electron chi connectivity index (χ1n) is 8.46. The molecule has 0 spiro atoms. The van der Waals surface area contributed by atoms with Crippen molar-refractivity contribution in [3.8, 4) is 0 Å². The smallest absolute Gasteiger partial charge is 0.317 e. The normalized spacial score (nSPS) is 41.6. The van der Waals surface area contributed by atoms with Gasteiger partial charge < -0.3 is 16.5 Å². The van der Waals surface area contributed by atoms with E-state index in [1.807, 2.05) is 0 Å². The maximum absolute atomic E-state index is 6.68. The highest BCUT2D eigenvalue weighted by Gasteiger charge is 2.51. The number of hydrogen-bond acceptors (Lipinski definition) is 4. The van der Waals surface area contributed by atoms with Crippen molar-refractivity contribution in [3.63, 3.8) is 0 Å². The zero-order valence-corrected chi connectivity index (χ0v) is 19.1. The first kappa shape index (κ1) is 19.8. The zero-order chi connectivity index (χ0) is 16.1. The molecule has 1 heterocycles. The van der Waals surface area contributed by atoms with E-state index in [1.54, 1.807) is 0 Å². The highest BCUT2D eigenvalue weighted by molar-refractivity contribution is 6.90. The fourth-order valence-corrected chi connectivity index (χ4v) is 24.0. The van der Waals surface area contributed by atoms with Crippen LogP contribution in [0.3, 0.4) is 0 Å². The Bertz CT molecular complexity index is 309. The van der Waals surface area contributed by atoms with Crippen LogP contribution in [-0.2, 0) is 16.5 Å². The molecule has 21 heavy (non-hydrogen) atoms. The molecule has 2 unspecified atom stereocenters. The molecular formula is C13H34O4Si4. The average molecular weight is 367 g/mol. The van der Waals surface area contributed by atoms with Gasteiger partial charge in [0.2, 0.25) is 0 Å². The molecule has 0 aromatic heterocycles. The topological polar surface area (TPSA) is 36.9 Å². The third kappa shape index (κ3) is 6.02. The molecule has 126 valence electrons. The summed E-state index contributed by atoms with van der Waals surface area (Å²) in [6.45, 7) is 15.4. The van der Waals surface area contributed by atoms with E-state index < -0.39 is 35.0 Å². The van der Waals surface area contributed by atoms with Crippen molar-refractivity contribution < 1.29 is 16.5 Å². The maximum Gasteiger partial charge on any atom is 0.317 e. The minimum Gasteiger partial charge on any atom is -0.418 e. The van der Waals surface area contributed by atoms with Crippen LogP contribution >= 0.6 is 0 Å². The summed E-state index contributed by atoms with van der Waals surface area (Å²) in [4.78, 5) is 0. The Kier molecular flexibility index (Phi) is 7.52. The Morgan fingerprint density at radius 2 is 1.00 bits per heavy atom. The molecule has 8 heteroatoms. The van der Waals surface area contributed by atoms with E-state index in [-0.39, 0.29) is 0 Å². The molecule has 0 radical (unpaired) electrons. The van der Waals surface area contributed by atoms with Gasteiger partial charge in [0.25, 0.3) is 0 Å². The minimum absolute atomic E-state index is 1.04. The van der Waals surface area contributed by atoms with E-state index >= 15 is 0 Å². The number of hydrogen-bond donors (Lipinski definition) is 0. The summed E-state index contributed by atoms with van der Waals surface area (Å²) >= 11 is 0. The Labute approximate surface area is 136 Å². The van der Waals surface area contributed by atoms with Gasteiger partial charge in [0.05, 0.1) is 0 Å². The second kappa shape index (κ2) is 8.00. The van der Waals surface area contributed by atoms with Gasteiger partial charge in [0, 0.05) is 0 Å². The lowest BCUT2D eigenvalue weighted by atomic mass is 10.6. The molecule has 2 atom stereocenters. The van der Waals surface area contributed by atoms with Gasteiger partial charge in [-0.2, -0.15) is 0 Å². The van der Waals surface area contributed by atoms with Crippen LogP contribution in [0.5, 0.6) is 0 Å². The Morgan fingerprint density at radius 1 is 0.667 bits per heavy atom. The van der Waals surface area contributed by atoms with Crippen LogP contribution in [0.25, 0.3) is 0 Å². The van der Waals surface area contributed by atoms with Gasteiger partial charge in [-0.05, 0) is 44.3 Å². The molecule has 1 rings (SSSR count). The molecular weight excluding hydrogens is 332 g/mol. The van der Waals surface area contributed by atoms with Gasteiger partial charge in [-0.1, -0.05) is 40.0 Å². The Hall–Kier alpha value is 0.708. The Morgan fingerprint density at radius 3 is 1.33 bits per heavy atom. The molecule has 0 saturated carbocycles. The summed E-state index contributed by atoms with van der Waals surface area (Å²) in [7, 11) is -8.15. The van der Waals surface area contributed by atoms with Crippen LogP contribution in [0, 0.1) is 0 Å². The summed E-state index contributed by atoms with van der Waals surface area (Å²) in [6, 6.07) is 3.11. The first-order chi connectivity index (χ1) is 9.70. The highest BCUT2D eigenvalue weighted by atomic mass is 28.5. The van der Waals surface area contributed by atoms with Crippen LogP contribution in [0.2, 0.25) is 44.3 Å². The van der Waals surface area contributed by atoms with Gasteiger partial charge in [-0.15, -0.1) is 0 Å². The first-order valence-corrected chi connectivity index (χ1v) is 18.1. The number of rotatable bonds is 6. The summed E-state index contributed by atoms with van der Waals surface area (Å²) in [5.41, 5.74) is 0. The Balaban J connectivity index is 3.03. The van der Waals surface area contributed by atoms with Crippen molar-refractivity contribution in [2.45, 2.75) is 84.4 Å². The van der Waals surface area contributed by atoms with Crippen LogP contribution < -0.4 is 0 Å². The SMILES string of the molecule is CCC[Si]1(C)O[SiH](C)O[Si](C)(CCC)O[Si](C)(CCC)O1. The van der Waals surface area contributed by atoms with E-state index in [0.29, 0.717) is 0 Å². The van der Waals surface area contributed by atoms with Gasteiger partial charge in [0.15, 0.2) is 0 Å². The van der Waals surface area contributed by atoms with Crippen LogP contribution in [0.15, 0.2) is 0 Å². The second-order valence-corrected chi connectivity index (χ2v) is 19.6. The fourth-order valence-electron chi connectivity index (χ4n) is 3.39. The predicted octanol–water partition coefficient (Wildman–Crippen LogP) is 4.36. The average Bonchev–Trinajstić information content (AvgIpc) is 2.25. The van der Waals surface area contributed by atoms with E-state index in [2.05, 4.69) is 47.0 Å². The van der Waals surface area contributed by atoms with E-state index in [0.717, 1.165) is 37.4 Å². The zero-order valence-electron chi connectivity index (χ0n) is 15.0. The minimum atomic E-state index is -2.20. The van der Waals surface area contributed by atoms with E-state index in [4.69, 9.17) is 16.5 Å². The van der Waals surface area contributed by atoms with Gasteiger partial charge in [-0.3, -0.25) is 0 Å². The van der Waals surface area contributed by atoms with Crippen molar-refractivity contribution >= 4 is 35.0 Å². The fraction of sp³-hybridized carbons (Fsp3) is 1.00. The molecule has 1 fully saturated rings. The molecule has 1 saturated heterocycles. The summed E-state index contributed by atoms with van der Waals surface area (Å²) < 4.78 is 26.2. The molecule has 4 nitrogen and oxygen atoms in total. The molecule has 0 N–H and O–H groups in total. The van der Waals surface area contributed by atoms with Gasteiger partial charge in [-0.25, -0.2) is 0 Å². The van der Waals surface area contributed by atoms with Gasteiger partial charge >= 0.3 is 35.0 Å². The molecule has 0 amide bonds. The van der Waals surface area contributed by atoms with Crippen molar-refractivity contribution in [2.24, 2.45) is 0 Å². The lowest BCUT2D eigenvalue weighted by Crippen LogP contribution is -2.63. The molecule has 0 aliphatic carbocycles. The molecule has 1 aliphatic heterocycles. The quantitative estimate of drug-likeness (QED) is 0.654.